The molecule has 2 aliphatic carbocycles. The lowest BCUT2D eigenvalue weighted by Gasteiger charge is -2.25. The summed E-state index contributed by atoms with van der Waals surface area (Å²) < 4.78 is 5.51. The highest BCUT2D eigenvalue weighted by molar-refractivity contribution is 5.73. The number of amides is 2. The second-order valence-electron chi connectivity index (χ2n) is 6.20. The van der Waals surface area contributed by atoms with Crippen molar-refractivity contribution in [1.29, 1.82) is 0 Å². The van der Waals surface area contributed by atoms with Crippen LogP contribution in [0.25, 0.3) is 0 Å². The van der Waals surface area contributed by atoms with Gasteiger partial charge in [-0.3, -0.25) is 0 Å². The van der Waals surface area contributed by atoms with Crippen LogP contribution in [-0.4, -0.2) is 43.5 Å². The third-order valence-corrected chi connectivity index (χ3v) is 4.11. The van der Waals surface area contributed by atoms with Gasteiger partial charge in [-0.1, -0.05) is 6.42 Å². The molecule has 2 saturated carbocycles. The van der Waals surface area contributed by atoms with Crippen molar-refractivity contribution in [3.05, 3.63) is 0 Å². The second kappa shape index (κ2) is 8.47. The van der Waals surface area contributed by atoms with Crippen molar-refractivity contribution in [2.75, 3.05) is 26.3 Å². The van der Waals surface area contributed by atoms with E-state index >= 15 is 0 Å². The standard InChI is InChI=1S/C15H28N2O3/c18-14-4-1-3-13(9-14)10-17-15(19)16-7-2-8-20-11-12-5-6-12/h12-14,18H,1-11H2,(H2,16,17,19). The molecule has 5 nitrogen and oxygen atoms in total. The summed E-state index contributed by atoms with van der Waals surface area (Å²) in [7, 11) is 0. The van der Waals surface area contributed by atoms with Gasteiger partial charge in [0.05, 0.1) is 6.10 Å². The molecule has 2 fully saturated rings. The van der Waals surface area contributed by atoms with Crippen molar-refractivity contribution >= 4 is 6.03 Å². The predicted octanol–water partition coefficient (Wildman–Crippen LogP) is 1.65. The number of urea groups is 1. The number of carbonyl (C=O) groups excluding carboxylic acids is 1. The zero-order valence-electron chi connectivity index (χ0n) is 12.3. The molecule has 2 rings (SSSR count). The first-order chi connectivity index (χ1) is 9.74. The summed E-state index contributed by atoms with van der Waals surface area (Å²) in [5, 5.41) is 15.3. The lowest BCUT2D eigenvalue weighted by Crippen LogP contribution is -2.40. The maximum atomic E-state index is 11.6. The molecule has 0 spiro atoms. The molecule has 2 amide bonds. The highest BCUT2D eigenvalue weighted by Crippen LogP contribution is 2.28. The third-order valence-electron chi connectivity index (χ3n) is 4.11. The van der Waals surface area contributed by atoms with Crippen molar-refractivity contribution in [2.45, 2.75) is 51.0 Å². The predicted molar refractivity (Wildman–Crippen MR) is 77.5 cm³/mol. The van der Waals surface area contributed by atoms with Gasteiger partial charge in [0.1, 0.15) is 0 Å². The van der Waals surface area contributed by atoms with Crippen LogP contribution in [0.1, 0.15) is 44.9 Å². The molecule has 0 aliphatic heterocycles. The number of ether oxygens (including phenoxy) is 1. The van der Waals surface area contributed by atoms with Crippen LogP contribution in [0, 0.1) is 11.8 Å². The molecule has 5 heteroatoms. The van der Waals surface area contributed by atoms with E-state index in [0.717, 1.165) is 51.2 Å². The zero-order chi connectivity index (χ0) is 14.2. The van der Waals surface area contributed by atoms with Crippen LogP contribution < -0.4 is 10.6 Å². The van der Waals surface area contributed by atoms with E-state index in [0.29, 0.717) is 19.0 Å². The van der Waals surface area contributed by atoms with E-state index in [9.17, 15) is 9.90 Å². The van der Waals surface area contributed by atoms with Crippen LogP contribution in [-0.2, 0) is 4.74 Å². The van der Waals surface area contributed by atoms with E-state index in [1.165, 1.54) is 12.8 Å². The molecule has 0 radical (unpaired) electrons. The molecule has 0 bridgehead atoms. The maximum Gasteiger partial charge on any atom is 0.314 e. The monoisotopic (exact) mass is 284 g/mol. The van der Waals surface area contributed by atoms with Crippen LogP contribution in [0.3, 0.4) is 0 Å². The van der Waals surface area contributed by atoms with E-state index in [-0.39, 0.29) is 12.1 Å². The van der Waals surface area contributed by atoms with Gasteiger partial charge in [-0.15, -0.1) is 0 Å². The van der Waals surface area contributed by atoms with Gasteiger partial charge in [0, 0.05) is 26.3 Å². The van der Waals surface area contributed by atoms with Gasteiger partial charge >= 0.3 is 6.03 Å². The van der Waals surface area contributed by atoms with Crippen LogP contribution >= 0.6 is 0 Å². The highest BCUT2D eigenvalue weighted by Gasteiger charge is 2.21. The Hall–Kier alpha value is -0.810. The molecule has 0 aromatic rings. The summed E-state index contributed by atoms with van der Waals surface area (Å²) >= 11 is 0. The van der Waals surface area contributed by atoms with Crippen molar-refractivity contribution < 1.29 is 14.6 Å². The number of rotatable bonds is 8. The van der Waals surface area contributed by atoms with Gasteiger partial charge in [-0.2, -0.15) is 0 Å². The Morgan fingerprint density at radius 3 is 2.75 bits per heavy atom. The normalized spacial score (nSPS) is 26.2. The molecule has 0 aromatic heterocycles. The van der Waals surface area contributed by atoms with E-state index in [4.69, 9.17) is 4.74 Å². The molecule has 2 unspecified atom stereocenters. The largest absolute Gasteiger partial charge is 0.393 e. The number of nitrogens with one attached hydrogen (secondary N) is 2. The molecule has 0 saturated heterocycles. The van der Waals surface area contributed by atoms with Crippen LogP contribution in [0.2, 0.25) is 0 Å². The molecular formula is C15H28N2O3. The molecule has 0 aromatic carbocycles. The summed E-state index contributed by atoms with van der Waals surface area (Å²) in [6.45, 7) is 2.94. The Bertz CT molecular complexity index is 295. The molecule has 20 heavy (non-hydrogen) atoms. The van der Waals surface area contributed by atoms with Gasteiger partial charge in [0.15, 0.2) is 0 Å². The number of hydrogen-bond donors (Lipinski definition) is 3. The fourth-order valence-corrected chi connectivity index (χ4v) is 2.66. The molecular weight excluding hydrogens is 256 g/mol. The Balaban J connectivity index is 1.41. The third kappa shape index (κ3) is 6.57. The topological polar surface area (TPSA) is 70.6 Å². The fourth-order valence-electron chi connectivity index (χ4n) is 2.66. The summed E-state index contributed by atoms with van der Waals surface area (Å²) in [6.07, 6.45) is 7.20. The average Bonchev–Trinajstić information content (AvgIpc) is 3.24. The van der Waals surface area contributed by atoms with Crippen LogP contribution in [0.15, 0.2) is 0 Å². The summed E-state index contributed by atoms with van der Waals surface area (Å²) in [5.41, 5.74) is 0. The smallest absolute Gasteiger partial charge is 0.314 e. The van der Waals surface area contributed by atoms with Gasteiger partial charge in [-0.25, -0.2) is 4.79 Å². The number of aliphatic hydroxyl groups is 1. The quantitative estimate of drug-likeness (QED) is 0.594. The van der Waals surface area contributed by atoms with Crippen LogP contribution in [0.5, 0.6) is 0 Å². The number of hydrogen-bond acceptors (Lipinski definition) is 3. The van der Waals surface area contributed by atoms with Crippen molar-refractivity contribution in [1.82, 2.24) is 10.6 Å². The molecule has 3 N–H and O–H groups in total. The average molecular weight is 284 g/mol. The summed E-state index contributed by atoms with van der Waals surface area (Å²) in [4.78, 5) is 11.6. The Morgan fingerprint density at radius 1 is 1.15 bits per heavy atom. The minimum absolute atomic E-state index is 0.104. The fraction of sp³-hybridized carbons (Fsp3) is 0.933. The molecule has 2 atom stereocenters. The summed E-state index contributed by atoms with van der Waals surface area (Å²) in [6, 6.07) is -0.104. The van der Waals surface area contributed by atoms with Crippen molar-refractivity contribution in [3.63, 3.8) is 0 Å². The minimum Gasteiger partial charge on any atom is -0.393 e. The molecule has 0 heterocycles. The van der Waals surface area contributed by atoms with Crippen LogP contribution in [0.4, 0.5) is 4.79 Å². The van der Waals surface area contributed by atoms with E-state index < -0.39 is 0 Å². The van der Waals surface area contributed by atoms with E-state index in [2.05, 4.69) is 10.6 Å². The maximum absolute atomic E-state index is 11.6. The van der Waals surface area contributed by atoms with E-state index in [1.54, 1.807) is 0 Å². The Morgan fingerprint density at radius 2 is 2.00 bits per heavy atom. The summed E-state index contributed by atoms with van der Waals surface area (Å²) in [5.74, 6) is 1.23. The zero-order valence-corrected chi connectivity index (χ0v) is 12.3. The van der Waals surface area contributed by atoms with E-state index in [1.807, 2.05) is 0 Å². The highest BCUT2D eigenvalue weighted by atomic mass is 16.5. The van der Waals surface area contributed by atoms with Crippen molar-refractivity contribution in [2.24, 2.45) is 11.8 Å². The minimum atomic E-state index is -0.178. The first-order valence-electron chi connectivity index (χ1n) is 8.01. The van der Waals surface area contributed by atoms with Gasteiger partial charge in [0.25, 0.3) is 0 Å². The first kappa shape index (κ1) is 15.6. The van der Waals surface area contributed by atoms with Gasteiger partial charge < -0.3 is 20.5 Å². The molecule has 116 valence electrons. The number of carbonyl (C=O) groups is 1. The van der Waals surface area contributed by atoms with Crippen molar-refractivity contribution in [3.8, 4) is 0 Å². The Labute approximate surface area is 121 Å². The second-order valence-corrected chi connectivity index (χ2v) is 6.20. The van der Waals surface area contributed by atoms with Gasteiger partial charge in [0.2, 0.25) is 0 Å². The number of aliphatic hydroxyl groups excluding tert-OH is 1. The lowest BCUT2D eigenvalue weighted by atomic mass is 9.87. The Kier molecular flexibility index (Phi) is 6.60. The SMILES string of the molecule is O=C(NCCCOCC1CC1)NCC1CCCC(O)C1. The van der Waals surface area contributed by atoms with Gasteiger partial charge in [-0.05, 0) is 50.4 Å². The lowest BCUT2D eigenvalue weighted by molar-refractivity contribution is 0.101. The molecule has 2 aliphatic rings. The first-order valence-corrected chi connectivity index (χ1v) is 8.01.